The van der Waals surface area contributed by atoms with E-state index in [0.29, 0.717) is 0 Å². The third kappa shape index (κ3) is 5.12. The highest BCUT2D eigenvalue weighted by molar-refractivity contribution is 7.80. The van der Waals surface area contributed by atoms with Gasteiger partial charge in [0.05, 0.1) is 27.8 Å². The van der Waals surface area contributed by atoms with Crippen molar-refractivity contribution in [3.63, 3.8) is 0 Å². The Bertz CT molecular complexity index is 3280. The Labute approximate surface area is 324 Å². The highest BCUT2D eigenvalue weighted by Crippen LogP contribution is 2.41. The molecule has 2 nitrogen and oxygen atoms in total. The van der Waals surface area contributed by atoms with Gasteiger partial charge in [-0.2, -0.15) is 0 Å². The molecule has 0 radical (unpaired) electrons. The minimum atomic E-state index is 0.973. The molecule has 0 amide bonds. The van der Waals surface area contributed by atoms with Crippen LogP contribution in [0.5, 0.6) is 0 Å². The summed E-state index contributed by atoms with van der Waals surface area (Å²) in [7, 11) is 0. The van der Waals surface area contributed by atoms with Crippen LogP contribution in [0.2, 0.25) is 0 Å². The van der Waals surface area contributed by atoms with Crippen molar-refractivity contribution in [3.05, 3.63) is 200 Å². The number of thiol groups is 1. The summed E-state index contributed by atoms with van der Waals surface area (Å²) in [4.78, 5) is 0.973. The normalized spacial score (nSPS) is 11.7. The van der Waals surface area contributed by atoms with E-state index in [4.69, 9.17) is 12.6 Å². The quantitative estimate of drug-likeness (QED) is 0.170. The Morgan fingerprint density at radius 3 is 1.58 bits per heavy atom. The van der Waals surface area contributed by atoms with Crippen LogP contribution in [0.3, 0.4) is 0 Å². The van der Waals surface area contributed by atoms with E-state index in [1.54, 1.807) is 0 Å². The number of hydrogen-bond donors (Lipinski definition) is 1. The standard InChI is InChI=1S/C52H34N2S/c55-52-24-11-8-19-42(52)38-15-12-14-34(29-38)39-30-37-13-4-5-18-41(37)49(33-39)54-48-23-10-7-21-44(48)46-28-26-36(32-51(46)54)35-25-27-45-43-20-6-9-22-47(43)53(50(45)31-35)40-16-2-1-3-17-40/h1-33,55H. The summed E-state index contributed by atoms with van der Waals surface area (Å²) >= 11 is 4.79. The molecule has 0 unspecified atom stereocenters. The second kappa shape index (κ2) is 12.7. The molecule has 0 aliphatic carbocycles. The Morgan fingerprint density at radius 2 is 0.855 bits per heavy atom. The van der Waals surface area contributed by atoms with Gasteiger partial charge in [-0.15, -0.1) is 12.6 Å². The lowest BCUT2D eigenvalue weighted by atomic mass is 9.96. The van der Waals surface area contributed by atoms with Crippen molar-refractivity contribution in [1.29, 1.82) is 0 Å². The van der Waals surface area contributed by atoms with Gasteiger partial charge < -0.3 is 9.13 Å². The summed E-state index contributed by atoms with van der Waals surface area (Å²) < 4.78 is 4.87. The van der Waals surface area contributed by atoms with Crippen molar-refractivity contribution < 1.29 is 0 Å². The van der Waals surface area contributed by atoms with Crippen LogP contribution in [0.1, 0.15) is 0 Å². The zero-order valence-corrected chi connectivity index (χ0v) is 30.8. The molecule has 0 aliphatic rings. The maximum absolute atomic E-state index is 4.79. The van der Waals surface area contributed by atoms with Gasteiger partial charge in [0, 0.05) is 37.5 Å². The van der Waals surface area contributed by atoms with Crippen molar-refractivity contribution in [2.75, 3.05) is 0 Å². The number of para-hydroxylation sites is 3. The Kier molecular flexibility index (Phi) is 7.29. The number of aromatic nitrogens is 2. The topological polar surface area (TPSA) is 9.86 Å². The fourth-order valence-corrected chi connectivity index (χ4v) is 8.93. The van der Waals surface area contributed by atoms with Gasteiger partial charge >= 0.3 is 0 Å². The molecule has 11 aromatic rings. The summed E-state index contributed by atoms with van der Waals surface area (Å²) in [5.74, 6) is 0. The van der Waals surface area contributed by atoms with Crippen molar-refractivity contribution in [2.24, 2.45) is 0 Å². The van der Waals surface area contributed by atoms with Gasteiger partial charge in [0.25, 0.3) is 0 Å². The maximum atomic E-state index is 4.79. The number of fused-ring (bicyclic) bond motifs is 7. The fourth-order valence-electron chi connectivity index (χ4n) is 8.64. The van der Waals surface area contributed by atoms with Crippen LogP contribution in [0, 0.1) is 0 Å². The number of hydrogen-bond acceptors (Lipinski definition) is 1. The van der Waals surface area contributed by atoms with Crippen LogP contribution >= 0.6 is 12.6 Å². The summed E-state index contributed by atoms with van der Waals surface area (Å²) in [6, 6.07) is 72.7. The number of rotatable bonds is 5. The average molecular weight is 719 g/mol. The van der Waals surface area contributed by atoms with E-state index in [1.165, 1.54) is 76.6 Å². The van der Waals surface area contributed by atoms with E-state index in [-0.39, 0.29) is 0 Å². The summed E-state index contributed by atoms with van der Waals surface area (Å²) in [6.45, 7) is 0. The molecule has 2 aromatic heterocycles. The predicted octanol–water partition coefficient (Wildman–Crippen LogP) is 14.3. The lowest BCUT2D eigenvalue weighted by Gasteiger charge is -2.16. The zero-order valence-electron chi connectivity index (χ0n) is 29.9. The van der Waals surface area contributed by atoms with Crippen molar-refractivity contribution in [1.82, 2.24) is 9.13 Å². The molecular weight excluding hydrogens is 685 g/mol. The van der Waals surface area contributed by atoms with Crippen LogP contribution < -0.4 is 0 Å². The fraction of sp³-hybridized carbons (Fsp3) is 0. The first-order valence-electron chi connectivity index (χ1n) is 18.7. The molecule has 0 fully saturated rings. The molecule has 0 aliphatic heterocycles. The van der Waals surface area contributed by atoms with Gasteiger partial charge in [-0.3, -0.25) is 0 Å². The van der Waals surface area contributed by atoms with Crippen LogP contribution in [-0.4, -0.2) is 9.13 Å². The molecular formula is C52H34N2S. The average Bonchev–Trinajstić information content (AvgIpc) is 3.76. The second-order valence-corrected chi connectivity index (χ2v) is 14.8. The second-order valence-electron chi connectivity index (χ2n) is 14.3. The van der Waals surface area contributed by atoms with Gasteiger partial charge in [0.1, 0.15) is 0 Å². The predicted molar refractivity (Wildman–Crippen MR) is 236 cm³/mol. The van der Waals surface area contributed by atoms with E-state index in [2.05, 4.69) is 203 Å². The number of nitrogens with zero attached hydrogens (tertiary/aromatic N) is 2. The molecule has 0 atom stereocenters. The van der Waals surface area contributed by atoms with Crippen molar-refractivity contribution in [2.45, 2.75) is 4.90 Å². The van der Waals surface area contributed by atoms with E-state index in [0.717, 1.165) is 27.4 Å². The zero-order chi connectivity index (χ0) is 36.5. The van der Waals surface area contributed by atoms with Crippen LogP contribution in [0.25, 0.3) is 99.1 Å². The Morgan fingerprint density at radius 1 is 0.309 bits per heavy atom. The van der Waals surface area contributed by atoms with Gasteiger partial charge in [0.15, 0.2) is 0 Å². The summed E-state index contributed by atoms with van der Waals surface area (Å²) in [5.41, 5.74) is 14.1. The van der Waals surface area contributed by atoms with Gasteiger partial charge in [0.2, 0.25) is 0 Å². The summed E-state index contributed by atoms with van der Waals surface area (Å²) in [6.07, 6.45) is 0. The minimum absolute atomic E-state index is 0.973. The molecule has 0 saturated heterocycles. The first kappa shape index (κ1) is 31.7. The van der Waals surface area contributed by atoms with E-state index in [9.17, 15) is 0 Å². The van der Waals surface area contributed by atoms with Crippen LogP contribution in [-0.2, 0) is 0 Å². The van der Waals surface area contributed by atoms with E-state index in [1.807, 2.05) is 6.07 Å². The molecule has 0 N–H and O–H groups in total. The monoisotopic (exact) mass is 718 g/mol. The Balaban J connectivity index is 1.14. The Hall–Kier alpha value is -6.81. The molecule has 258 valence electrons. The molecule has 0 bridgehead atoms. The van der Waals surface area contributed by atoms with Crippen LogP contribution in [0.4, 0.5) is 0 Å². The largest absolute Gasteiger partial charge is 0.309 e. The summed E-state index contributed by atoms with van der Waals surface area (Å²) in [5, 5.41) is 7.41. The molecule has 0 saturated carbocycles. The molecule has 9 aromatic carbocycles. The van der Waals surface area contributed by atoms with Gasteiger partial charge in [-0.05, 0) is 99.4 Å². The lowest BCUT2D eigenvalue weighted by Crippen LogP contribution is -1.97. The third-order valence-electron chi connectivity index (χ3n) is 11.2. The van der Waals surface area contributed by atoms with Gasteiger partial charge in [-0.1, -0.05) is 140 Å². The van der Waals surface area contributed by atoms with Crippen LogP contribution in [0.15, 0.2) is 205 Å². The molecule has 11 rings (SSSR count). The smallest absolute Gasteiger partial charge is 0.0547 e. The van der Waals surface area contributed by atoms with Crippen molar-refractivity contribution in [3.8, 4) is 44.8 Å². The SMILES string of the molecule is Sc1ccccc1-c1cccc(-c2cc(-n3c4ccccc4c4ccc(-c5ccc6c7ccccc7n(-c7ccccc7)c6c5)cc43)c3ccccc3c2)c1. The van der Waals surface area contributed by atoms with Crippen molar-refractivity contribution >= 4 is 67.0 Å². The number of benzene rings is 9. The highest BCUT2D eigenvalue weighted by Gasteiger charge is 2.18. The van der Waals surface area contributed by atoms with E-state index < -0.39 is 0 Å². The molecule has 2 heterocycles. The van der Waals surface area contributed by atoms with Gasteiger partial charge in [-0.25, -0.2) is 0 Å². The molecule has 0 spiro atoms. The lowest BCUT2D eigenvalue weighted by molar-refractivity contribution is 1.18. The maximum Gasteiger partial charge on any atom is 0.0547 e. The third-order valence-corrected chi connectivity index (χ3v) is 11.6. The molecule has 3 heteroatoms. The first-order chi connectivity index (χ1) is 27.2. The highest BCUT2D eigenvalue weighted by atomic mass is 32.1. The first-order valence-corrected chi connectivity index (χ1v) is 19.2. The van der Waals surface area contributed by atoms with E-state index >= 15 is 0 Å². The molecule has 55 heavy (non-hydrogen) atoms. The minimum Gasteiger partial charge on any atom is -0.309 e.